The predicted molar refractivity (Wildman–Crippen MR) is 74.7 cm³/mol. The standard InChI is InChI=1S/C13H23N3S/c1-16-6-2-5-14-12(16)15-10-11-9-13(11)3-7-17-8-4-13/h11H,2-10H2,1H3,(H,14,15). The Morgan fingerprint density at radius 2 is 2.29 bits per heavy atom. The van der Waals surface area contributed by atoms with Crippen LogP contribution in [0.3, 0.4) is 0 Å². The first-order valence-electron chi connectivity index (χ1n) is 6.87. The normalized spacial score (nSPS) is 31.2. The van der Waals surface area contributed by atoms with Crippen LogP contribution in [0.5, 0.6) is 0 Å². The van der Waals surface area contributed by atoms with Gasteiger partial charge in [0.05, 0.1) is 0 Å². The molecule has 2 aliphatic heterocycles. The lowest BCUT2D eigenvalue weighted by atomic mass is 9.96. The predicted octanol–water partition coefficient (Wildman–Crippen LogP) is 1.80. The molecule has 0 aromatic rings. The Morgan fingerprint density at radius 1 is 1.47 bits per heavy atom. The van der Waals surface area contributed by atoms with Crippen molar-refractivity contribution >= 4 is 17.7 Å². The van der Waals surface area contributed by atoms with Crippen LogP contribution in [0.4, 0.5) is 0 Å². The van der Waals surface area contributed by atoms with Gasteiger partial charge in [-0.15, -0.1) is 0 Å². The van der Waals surface area contributed by atoms with Crippen LogP contribution in [-0.2, 0) is 0 Å². The summed E-state index contributed by atoms with van der Waals surface area (Å²) in [5.41, 5.74) is 0.728. The molecule has 96 valence electrons. The van der Waals surface area contributed by atoms with Crippen molar-refractivity contribution in [1.82, 2.24) is 10.2 Å². The highest BCUT2D eigenvalue weighted by Gasteiger charge is 2.53. The Balaban J connectivity index is 1.48. The van der Waals surface area contributed by atoms with Gasteiger partial charge in [0.1, 0.15) is 0 Å². The summed E-state index contributed by atoms with van der Waals surface area (Å²) in [7, 11) is 2.14. The van der Waals surface area contributed by atoms with Crippen molar-refractivity contribution in [3.63, 3.8) is 0 Å². The average Bonchev–Trinajstić information content (AvgIpc) is 3.02. The van der Waals surface area contributed by atoms with Gasteiger partial charge in [0.2, 0.25) is 0 Å². The van der Waals surface area contributed by atoms with E-state index in [9.17, 15) is 0 Å². The lowest BCUT2D eigenvalue weighted by Crippen LogP contribution is -2.43. The zero-order chi connectivity index (χ0) is 11.7. The zero-order valence-electron chi connectivity index (χ0n) is 10.7. The van der Waals surface area contributed by atoms with Gasteiger partial charge in [-0.2, -0.15) is 11.8 Å². The van der Waals surface area contributed by atoms with E-state index in [0.29, 0.717) is 0 Å². The molecule has 0 aromatic heterocycles. The highest BCUT2D eigenvalue weighted by Crippen LogP contribution is 2.60. The number of nitrogens with one attached hydrogen (secondary N) is 1. The molecule has 3 nitrogen and oxygen atoms in total. The minimum Gasteiger partial charge on any atom is -0.356 e. The molecule has 1 saturated heterocycles. The summed E-state index contributed by atoms with van der Waals surface area (Å²) in [4.78, 5) is 6.83. The van der Waals surface area contributed by atoms with Gasteiger partial charge in [-0.05, 0) is 48.5 Å². The van der Waals surface area contributed by atoms with Crippen molar-refractivity contribution in [2.45, 2.75) is 25.7 Å². The molecule has 2 heterocycles. The summed E-state index contributed by atoms with van der Waals surface area (Å²) in [6.07, 6.45) is 5.56. The molecule has 1 N–H and O–H groups in total. The second kappa shape index (κ2) is 4.71. The van der Waals surface area contributed by atoms with Gasteiger partial charge in [-0.25, -0.2) is 0 Å². The van der Waals surface area contributed by atoms with Crippen LogP contribution in [0.15, 0.2) is 4.99 Å². The minimum absolute atomic E-state index is 0.728. The molecule has 0 amide bonds. The van der Waals surface area contributed by atoms with E-state index < -0.39 is 0 Å². The number of guanidine groups is 1. The molecule has 1 unspecified atom stereocenters. The second-order valence-corrected chi connectivity index (χ2v) is 6.96. The second-order valence-electron chi connectivity index (χ2n) is 5.74. The molecule has 1 aliphatic carbocycles. The van der Waals surface area contributed by atoms with Crippen LogP contribution in [-0.4, -0.2) is 49.0 Å². The molecule has 4 heteroatoms. The molecule has 2 fully saturated rings. The first-order valence-corrected chi connectivity index (χ1v) is 8.03. The van der Waals surface area contributed by atoms with Crippen molar-refractivity contribution in [3.8, 4) is 0 Å². The van der Waals surface area contributed by atoms with Gasteiger partial charge in [-0.1, -0.05) is 0 Å². The maximum Gasteiger partial charge on any atom is 0.193 e. The van der Waals surface area contributed by atoms with Crippen LogP contribution in [0.2, 0.25) is 0 Å². The van der Waals surface area contributed by atoms with E-state index in [1.165, 1.54) is 37.2 Å². The Labute approximate surface area is 108 Å². The fourth-order valence-electron chi connectivity index (χ4n) is 3.24. The molecule has 1 spiro atoms. The van der Waals surface area contributed by atoms with Gasteiger partial charge in [0.15, 0.2) is 5.96 Å². The number of nitrogens with zero attached hydrogens (tertiary/aromatic N) is 2. The van der Waals surface area contributed by atoms with E-state index >= 15 is 0 Å². The van der Waals surface area contributed by atoms with Crippen LogP contribution in [0.1, 0.15) is 25.7 Å². The number of hydrogen-bond donors (Lipinski definition) is 1. The molecule has 1 saturated carbocycles. The molecular weight excluding hydrogens is 230 g/mol. The quantitative estimate of drug-likeness (QED) is 0.813. The van der Waals surface area contributed by atoms with E-state index in [2.05, 4.69) is 34.0 Å². The van der Waals surface area contributed by atoms with Gasteiger partial charge < -0.3 is 10.2 Å². The summed E-state index contributed by atoms with van der Waals surface area (Å²) >= 11 is 2.13. The third-order valence-electron chi connectivity index (χ3n) is 4.63. The topological polar surface area (TPSA) is 27.6 Å². The lowest BCUT2D eigenvalue weighted by molar-refractivity contribution is 0.405. The average molecular weight is 253 g/mol. The molecule has 1 atom stereocenters. The van der Waals surface area contributed by atoms with Gasteiger partial charge >= 0.3 is 0 Å². The highest BCUT2D eigenvalue weighted by molar-refractivity contribution is 7.99. The third kappa shape index (κ3) is 2.42. The van der Waals surface area contributed by atoms with Gasteiger partial charge in [-0.3, -0.25) is 4.99 Å². The van der Waals surface area contributed by atoms with Crippen LogP contribution in [0.25, 0.3) is 0 Å². The minimum atomic E-state index is 0.728. The Kier molecular flexibility index (Phi) is 3.24. The van der Waals surface area contributed by atoms with Crippen molar-refractivity contribution in [1.29, 1.82) is 0 Å². The summed E-state index contributed by atoms with van der Waals surface area (Å²) in [6.45, 7) is 3.30. The van der Waals surface area contributed by atoms with Crippen molar-refractivity contribution in [3.05, 3.63) is 0 Å². The largest absolute Gasteiger partial charge is 0.356 e. The first-order chi connectivity index (χ1) is 8.30. The molecule has 3 aliphatic rings. The maximum atomic E-state index is 4.57. The molecule has 17 heavy (non-hydrogen) atoms. The fraction of sp³-hybridized carbons (Fsp3) is 0.923. The van der Waals surface area contributed by atoms with E-state index in [4.69, 9.17) is 0 Å². The summed E-state index contributed by atoms with van der Waals surface area (Å²) in [6, 6.07) is 0. The van der Waals surface area contributed by atoms with Crippen LogP contribution >= 0.6 is 11.8 Å². The maximum absolute atomic E-state index is 4.57. The van der Waals surface area contributed by atoms with Gasteiger partial charge in [0, 0.05) is 26.7 Å². The first kappa shape index (κ1) is 11.7. The van der Waals surface area contributed by atoms with Crippen molar-refractivity contribution in [2.24, 2.45) is 16.3 Å². The molecule has 0 bridgehead atoms. The Hall–Kier alpha value is -0.380. The van der Waals surface area contributed by atoms with Crippen molar-refractivity contribution in [2.75, 3.05) is 38.2 Å². The van der Waals surface area contributed by atoms with E-state index in [1.807, 2.05) is 0 Å². The van der Waals surface area contributed by atoms with E-state index in [-0.39, 0.29) is 0 Å². The summed E-state index contributed by atoms with van der Waals surface area (Å²) in [5, 5.41) is 3.57. The number of rotatable bonds is 2. The molecule has 0 aromatic carbocycles. The fourth-order valence-corrected chi connectivity index (χ4v) is 4.54. The van der Waals surface area contributed by atoms with Crippen LogP contribution in [0, 0.1) is 11.3 Å². The monoisotopic (exact) mass is 253 g/mol. The number of aliphatic imine (C=N–C) groups is 1. The summed E-state index contributed by atoms with van der Waals surface area (Å²) in [5.74, 6) is 4.82. The SMILES string of the molecule is CN1CCCN=C1NCC1CC12CCSCC2. The van der Waals surface area contributed by atoms with Gasteiger partial charge in [0.25, 0.3) is 0 Å². The van der Waals surface area contributed by atoms with Crippen molar-refractivity contribution < 1.29 is 0 Å². The number of hydrogen-bond acceptors (Lipinski definition) is 4. The zero-order valence-corrected chi connectivity index (χ0v) is 11.6. The molecule has 3 rings (SSSR count). The lowest BCUT2D eigenvalue weighted by Gasteiger charge is -2.27. The van der Waals surface area contributed by atoms with E-state index in [0.717, 1.165) is 36.9 Å². The summed E-state index contributed by atoms with van der Waals surface area (Å²) < 4.78 is 0. The molecule has 0 radical (unpaired) electrons. The van der Waals surface area contributed by atoms with Crippen LogP contribution < -0.4 is 5.32 Å². The van der Waals surface area contributed by atoms with E-state index in [1.54, 1.807) is 0 Å². The number of thioether (sulfide) groups is 1. The molecular formula is C13H23N3S. The third-order valence-corrected chi connectivity index (χ3v) is 5.61. The Bertz CT molecular complexity index is 310. The Morgan fingerprint density at radius 3 is 3.06 bits per heavy atom. The highest BCUT2D eigenvalue weighted by atomic mass is 32.2. The smallest absolute Gasteiger partial charge is 0.193 e.